The number of aromatic amines is 1. The van der Waals surface area contributed by atoms with Gasteiger partial charge in [-0.2, -0.15) is 0 Å². The van der Waals surface area contributed by atoms with E-state index < -0.39 is 0 Å². The number of benzene rings is 1. The second-order valence-corrected chi connectivity index (χ2v) is 7.46. The van der Waals surface area contributed by atoms with Crippen LogP contribution < -0.4 is 9.47 Å². The minimum Gasteiger partial charge on any atom is -0.488 e. The molecule has 11 nitrogen and oxygen atoms in total. The number of H-pyrrole nitrogens is 1. The Bertz CT molecular complexity index is 1220. The molecule has 0 fully saturated rings. The topological polar surface area (TPSA) is 128 Å². The minimum absolute atomic E-state index is 0.0851. The molecule has 170 valence electrons. The van der Waals surface area contributed by atoms with Gasteiger partial charge >= 0.3 is 0 Å². The van der Waals surface area contributed by atoms with Crippen molar-refractivity contribution in [3.8, 4) is 28.6 Å². The molecular formula is C22H23N7O4. The van der Waals surface area contributed by atoms with Gasteiger partial charge in [0, 0.05) is 32.8 Å². The second-order valence-electron chi connectivity index (χ2n) is 7.46. The average molecular weight is 449 g/mol. The van der Waals surface area contributed by atoms with Crippen molar-refractivity contribution in [1.29, 1.82) is 0 Å². The van der Waals surface area contributed by atoms with Crippen LogP contribution in [0.2, 0.25) is 0 Å². The third-order valence-corrected chi connectivity index (χ3v) is 4.52. The average Bonchev–Trinajstić information content (AvgIpc) is 3.23. The molecule has 0 saturated heterocycles. The molecule has 0 aliphatic carbocycles. The number of hydrogen-bond donors (Lipinski definition) is 1. The highest BCUT2D eigenvalue weighted by Gasteiger charge is 2.14. The van der Waals surface area contributed by atoms with Gasteiger partial charge in [0.05, 0.1) is 25.2 Å². The number of ether oxygens (including phenoxy) is 3. The Morgan fingerprint density at radius 3 is 2.52 bits per heavy atom. The van der Waals surface area contributed by atoms with Crippen LogP contribution in [0.3, 0.4) is 0 Å². The van der Waals surface area contributed by atoms with Crippen LogP contribution in [0.25, 0.3) is 22.6 Å². The Balaban J connectivity index is 1.66. The summed E-state index contributed by atoms with van der Waals surface area (Å²) >= 11 is 0. The molecule has 0 unspecified atom stereocenters. The molecular weight excluding hydrogens is 426 g/mol. The van der Waals surface area contributed by atoms with E-state index in [0.29, 0.717) is 40.8 Å². The summed E-state index contributed by atoms with van der Waals surface area (Å²) in [4.78, 5) is 37.5. The molecule has 1 aromatic carbocycles. The molecule has 4 rings (SSSR count). The molecule has 0 saturated carbocycles. The predicted octanol–water partition coefficient (Wildman–Crippen LogP) is 2.72. The zero-order valence-electron chi connectivity index (χ0n) is 18.6. The van der Waals surface area contributed by atoms with Crippen LogP contribution in [0.1, 0.15) is 17.5 Å². The maximum Gasteiger partial charge on any atom is 0.291 e. The van der Waals surface area contributed by atoms with Crippen LogP contribution in [-0.2, 0) is 4.74 Å². The smallest absolute Gasteiger partial charge is 0.291 e. The van der Waals surface area contributed by atoms with Crippen LogP contribution in [0.15, 0.2) is 43.1 Å². The molecule has 0 radical (unpaired) electrons. The van der Waals surface area contributed by atoms with Gasteiger partial charge in [0.1, 0.15) is 35.3 Å². The van der Waals surface area contributed by atoms with E-state index in [1.165, 1.54) is 23.6 Å². The molecule has 33 heavy (non-hydrogen) atoms. The van der Waals surface area contributed by atoms with Gasteiger partial charge < -0.3 is 24.1 Å². The summed E-state index contributed by atoms with van der Waals surface area (Å²) in [5.41, 5.74) is 1.99. The van der Waals surface area contributed by atoms with Crippen molar-refractivity contribution in [3.05, 3.63) is 48.9 Å². The molecule has 1 amide bonds. The van der Waals surface area contributed by atoms with Gasteiger partial charge in [-0.15, -0.1) is 0 Å². The van der Waals surface area contributed by atoms with E-state index >= 15 is 0 Å². The maximum atomic E-state index is 12.0. The monoisotopic (exact) mass is 449 g/mol. The number of rotatable bonds is 8. The van der Waals surface area contributed by atoms with Crippen molar-refractivity contribution in [1.82, 2.24) is 34.8 Å². The first-order valence-electron chi connectivity index (χ1n) is 10.1. The van der Waals surface area contributed by atoms with E-state index in [1.807, 2.05) is 13.0 Å². The van der Waals surface area contributed by atoms with Crippen molar-refractivity contribution in [2.45, 2.75) is 13.0 Å². The standard InChI is InChI=1S/C22H23N7O4/c1-13(11-31-4)32-15-5-14(19-27-18-10-23-12-26-20(18)28-19)6-16(7-15)33-17-8-24-21(25-9-17)22(30)29(2)3/h5-10,12-13H,11H2,1-4H3,(H,23,26,27,28)/t13-/m0/s1. The van der Waals surface area contributed by atoms with E-state index in [2.05, 4.69) is 29.9 Å². The summed E-state index contributed by atoms with van der Waals surface area (Å²) in [5, 5.41) is 0. The number of nitrogens with one attached hydrogen (secondary N) is 1. The van der Waals surface area contributed by atoms with Crippen molar-refractivity contribution in [2.24, 2.45) is 0 Å². The molecule has 3 heterocycles. The highest BCUT2D eigenvalue weighted by atomic mass is 16.5. The van der Waals surface area contributed by atoms with Crippen LogP contribution in [-0.4, -0.2) is 74.6 Å². The molecule has 0 aliphatic rings. The number of methoxy groups -OCH3 is 1. The lowest BCUT2D eigenvalue weighted by Gasteiger charge is -2.16. The lowest BCUT2D eigenvalue weighted by atomic mass is 10.2. The number of carbonyl (C=O) groups excluding carboxylic acids is 1. The highest BCUT2D eigenvalue weighted by Crippen LogP contribution is 2.32. The second kappa shape index (κ2) is 9.57. The number of amides is 1. The van der Waals surface area contributed by atoms with Crippen molar-refractivity contribution in [3.63, 3.8) is 0 Å². The minimum atomic E-state index is -0.292. The third kappa shape index (κ3) is 5.21. The summed E-state index contributed by atoms with van der Waals surface area (Å²) in [6.07, 6.45) is 5.80. The first kappa shape index (κ1) is 22.1. The SMILES string of the molecule is COC[C@H](C)Oc1cc(Oc2cnc(C(=O)N(C)C)nc2)cc(-c2nc3cncnc3[nH]2)c1. The van der Waals surface area contributed by atoms with Gasteiger partial charge in [0.2, 0.25) is 5.82 Å². The summed E-state index contributed by atoms with van der Waals surface area (Å²) in [6.45, 7) is 2.33. The fourth-order valence-corrected chi connectivity index (χ4v) is 3.05. The Labute approximate surface area is 189 Å². The predicted molar refractivity (Wildman–Crippen MR) is 119 cm³/mol. The van der Waals surface area contributed by atoms with Crippen LogP contribution >= 0.6 is 0 Å². The van der Waals surface area contributed by atoms with Crippen molar-refractivity contribution >= 4 is 17.1 Å². The van der Waals surface area contributed by atoms with Gasteiger partial charge in [-0.25, -0.2) is 24.9 Å². The highest BCUT2D eigenvalue weighted by molar-refractivity contribution is 5.90. The molecule has 4 aromatic rings. The Hall–Kier alpha value is -4.12. The zero-order chi connectivity index (χ0) is 23.4. The Morgan fingerprint density at radius 1 is 1.06 bits per heavy atom. The van der Waals surface area contributed by atoms with E-state index in [-0.39, 0.29) is 17.8 Å². The first-order valence-corrected chi connectivity index (χ1v) is 10.1. The molecule has 0 spiro atoms. The summed E-state index contributed by atoms with van der Waals surface area (Å²) in [5.74, 6) is 1.80. The largest absolute Gasteiger partial charge is 0.488 e. The summed E-state index contributed by atoms with van der Waals surface area (Å²) in [6, 6.07) is 5.40. The number of carbonyl (C=O) groups is 1. The van der Waals surface area contributed by atoms with Crippen molar-refractivity contribution < 1.29 is 19.0 Å². The van der Waals surface area contributed by atoms with Crippen molar-refractivity contribution in [2.75, 3.05) is 27.8 Å². The zero-order valence-corrected chi connectivity index (χ0v) is 18.6. The Morgan fingerprint density at radius 2 is 1.82 bits per heavy atom. The number of aromatic nitrogens is 6. The van der Waals surface area contributed by atoms with E-state index in [1.54, 1.807) is 39.5 Å². The molecule has 0 aliphatic heterocycles. The van der Waals surface area contributed by atoms with Gasteiger partial charge in [-0.3, -0.25) is 4.79 Å². The van der Waals surface area contributed by atoms with Crippen LogP contribution in [0.4, 0.5) is 0 Å². The molecule has 1 N–H and O–H groups in total. The van der Waals surface area contributed by atoms with Gasteiger partial charge in [-0.1, -0.05) is 0 Å². The van der Waals surface area contributed by atoms with E-state index in [4.69, 9.17) is 14.2 Å². The molecule has 11 heteroatoms. The normalized spacial score (nSPS) is 11.9. The molecule has 1 atom stereocenters. The van der Waals surface area contributed by atoms with E-state index in [0.717, 1.165) is 5.56 Å². The number of nitrogens with zero attached hydrogens (tertiary/aromatic N) is 6. The number of fused-ring (bicyclic) bond motifs is 1. The van der Waals surface area contributed by atoms with Gasteiger partial charge in [-0.05, 0) is 19.1 Å². The lowest BCUT2D eigenvalue weighted by Crippen LogP contribution is -2.23. The van der Waals surface area contributed by atoms with E-state index in [9.17, 15) is 4.79 Å². The molecule has 0 bridgehead atoms. The maximum absolute atomic E-state index is 12.0. The van der Waals surface area contributed by atoms with Gasteiger partial charge in [0.25, 0.3) is 5.91 Å². The fraction of sp³-hybridized carbons (Fsp3) is 0.273. The number of hydrogen-bond acceptors (Lipinski definition) is 9. The Kier molecular flexibility index (Phi) is 6.41. The third-order valence-electron chi connectivity index (χ3n) is 4.52. The summed E-state index contributed by atoms with van der Waals surface area (Å²) < 4.78 is 17.1. The summed E-state index contributed by atoms with van der Waals surface area (Å²) in [7, 11) is 4.89. The lowest BCUT2D eigenvalue weighted by molar-refractivity contribution is 0.0815. The quantitative estimate of drug-likeness (QED) is 0.432. The first-order chi connectivity index (χ1) is 15.9. The van der Waals surface area contributed by atoms with Gasteiger partial charge in [0.15, 0.2) is 11.4 Å². The van der Waals surface area contributed by atoms with Crippen LogP contribution in [0.5, 0.6) is 17.2 Å². The number of imidazole rings is 1. The van der Waals surface area contributed by atoms with Crippen LogP contribution in [0, 0.1) is 0 Å². The fourth-order valence-electron chi connectivity index (χ4n) is 3.05. The molecule has 3 aromatic heterocycles.